The number of benzene rings is 1. The molecular formula is C17H19N3O. The Bertz CT molecular complexity index is 665. The normalized spacial score (nSPS) is 10.0. The first-order chi connectivity index (χ1) is 10.1. The number of amides is 1. The van der Waals surface area contributed by atoms with Gasteiger partial charge in [0, 0.05) is 24.1 Å². The van der Waals surface area contributed by atoms with Gasteiger partial charge in [-0.1, -0.05) is 18.2 Å². The number of pyridine rings is 1. The molecule has 4 nitrogen and oxygen atoms in total. The van der Waals surface area contributed by atoms with Crippen LogP contribution in [-0.2, 0) is 0 Å². The van der Waals surface area contributed by atoms with E-state index in [2.05, 4.69) is 22.2 Å². The van der Waals surface area contributed by atoms with Gasteiger partial charge in [-0.3, -0.25) is 9.78 Å². The fraction of sp³-hybridized carbons (Fsp3) is 0.176. The second-order valence-corrected chi connectivity index (χ2v) is 4.87. The van der Waals surface area contributed by atoms with Crippen molar-refractivity contribution in [2.75, 3.05) is 17.2 Å². The summed E-state index contributed by atoms with van der Waals surface area (Å²) in [6.07, 6.45) is 3.37. The fourth-order valence-electron chi connectivity index (χ4n) is 1.91. The first-order valence-corrected chi connectivity index (χ1v) is 6.79. The van der Waals surface area contributed by atoms with Crippen molar-refractivity contribution in [2.45, 2.75) is 13.8 Å². The van der Waals surface area contributed by atoms with Crippen molar-refractivity contribution in [1.82, 2.24) is 4.98 Å². The van der Waals surface area contributed by atoms with E-state index in [1.54, 1.807) is 18.3 Å². The third-order valence-electron chi connectivity index (χ3n) is 3.08. The molecule has 0 spiro atoms. The van der Waals surface area contributed by atoms with Crippen molar-refractivity contribution in [2.24, 2.45) is 0 Å². The van der Waals surface area contributed by atoms with Crippen molar-refractivity contribution in [3.8, 4) is 0 Å². The Kier molecular flexibility index (Phi) is 4.72. The van der Waals surface area contributed by atoms with Crippen molar-refractivity contribution in [1.29, 1.82) is 0 Å². The van der Waals surface area contributed by atoms with Crippen molar-refractivity contribution in [3.63, 3.8) is 0 Å². The lowest BCUT2D eigenvalue weighted by molar-refractivity contribution is 0.102. The van der Waals surface area contributed by atoms with E-state index >= 15 is 0 Å². The summed E-state index contributed by atoms with van der Waals surface area (Å²) in [5.41, 5.74) is 4.16. The molecule has 108 valence electrons. The van der Waals surface area contributed by atoms with Crippen LogP contribution in [0.3, 0.4) is 0 Å². The third kappa shape index (κ3) is 3.92. The molecule has 4 heteroatoms. The second-order valence-electron chi connectivity index (χ2n) is 4.87. The molecule has 0 unspecified atom stereocenters. The number of anilines is 2. The van der Waals surface area contributed by atoms with Gasteiger partial charge in [-0.25, -0.2) is 0 Å². The first-order valence-electron chi connectivity index (χ1n) is 6.79. The van der Waals surface area contributed by atoms with Crippen molar-refractivity contribution < 1.29 is 4.79 Å². The Hall–Kier alpha value is -2.62. The largest absolute Gasteiger partial charge is 0.381 e. The molecule has 0 saturated heterocycles. The minimum atomic E-state index is -0.217. The molecule has 2 aromatic rings. The van der Waals surface area contributed by atoms with Crippen LogP contribution in [0, 0.1) is 13.8 Å². The minimum absolute atomic E-state index is 0.217. The SMILES string of the molecule is C=CCNc1ccnc(C(=O)Nc2cc(C)ccc2C)c1. The van der Waals surface area contributed by atoms with Gasteiger partial charge in [0.1, 0.15) is 5.69 Å². The zero-order chi connectivity index (χ0) is 15.2. The minimum Gasteiger partial charge on any atom is -0.381 e. The van der Waals surface area contributed by atoms with E-state index in [1.807, 2.05) is 38.1 Å². The number of carbonyl (C=O) groups is 1. The van der Waals surface area contributed by atoms with Crippen LogP contribution in [0.5, 0.6) is 0 Å². The van der Waals surface area contributed by atoms with Gasteiger partial charge in [-0.15, -0.1) is 6.58 Å². The molecule has 0 aliphatic heterocycles. The van der Waals surface area contributed by atoms with Gasteiger partial charge in [0.2, 0.25) is 0 Å². The molecule has 1 amide bonds. The molecular weight excluding hydrogens is 262 g/mol. The maximum Gasteiger partial charge on any atom is 0.274 e. The Morgan fingerprint density at radius 1 is 1.29 bits per heavy atom. The summed E-state index contributed by atoms with van der Waals surface area (Å²) in [4.78, 5) is 16.4. The highest BCUT2D eigenvalue weighted by Gasteiger charge is 2.10. The Labute approximate surface area is 124 Å². The van der Waals surface area contributed by atoms with E-state index < -0.39 is 0 Å². The quantitative estimate of drug-likeness (QED) is 0.824. The molecule has 0 saturated carbocycles. The summed E-state index contributed by atoms with van der Waals surface area (Å²) in [7, 11) is 0. The predicted octanol–water partition coefficient (Wildman–Crippen LogP) is 3.55. The predicted molar refractivity (Wildman–Crippen MR) is 86.8 cm³/mol. The molecule has 1 aromatic heterocycles. The number of nitrogens with zero attached hydrogens (tertiary/aromatic N) is 1. The number of aromatic nitrogens is 1. The monoisotopic (exact) mass is 281 g/mol. The van der Waals surface area contributed by atoms with Gasteiger partial charge in [0.05, 0.1) is 0 Å². The number of aryl methyl sites for hydroxylation is 2. The van der Waals surface area contributed by atoms with Crippen LogP contribution in [0.4, 0.5) is 11.4 Å². The Morgan fingerprint density at radius 2 is 2.10 bits per heavy atom. The maximum atomic E-state index is 12.3. The zero-order valence-electron chi connectivity index (χ0n) is 12.3. The molecule has 0 bridgehead atoms. The van der Waals surface area contributed by atoms with E-state index in [0.717, 1.165) is 22.5 Å². The summed E-state index contributed by atoms with van der Waals surface area (Å²) >= 11 is 0. The lowest BCUT2D eigenvalue weighted by atomic mass is 10.1. The summed E-state index contributed by atoms with van der Waals surface area (Å²) in [5.74, 6) is -0.217. The number of hydrogen-bond donors (Lipinski definition) is 2. The molecule has 0 aliphatic rings. The number of carbonyl (C=O) groups excluding carboxylic acids is 1. The van der Waals surface area contributed by atoms with Gasteiger partial charge in [-0.2, -0.15) is 0 Å². The van der Waals surface area contributed by atoms with Crippen LogP contribution < -0.4 is 10.6 Å². The molecule has 1 aromatic carbocycles. The zero-order valence-corrected chi connectivity index (χ0v) is 12.3. The Morgan fingerprint density at radius 3 is 2.86 bits per heavy atom. The lowest BCUT2D eigenvalue weighted by Gasteiger charge is -2.10. The maximum absolute atomic E-state index is 12.3. The number of nitrogens with one attached hydrogen (secondary N) is 2. The van der Waals surface area contributed by atoms with E-state index in [1.165, 1.54) is 0 Å². The topological polar surface area (TPSA) is 54.0 Å². The number of hydrogen-bond acceptors (Lipinski definition) is 3. The van der Waals surface area contributed by atoms with Gasteiger partial charge in [0.15, 0.2) is 0 Å². The average Bonchev–Trinajstić information content (AvgIpc) is 2.49. The molecule has 1 heterocycles. The molecule has 0 atom stereocenters. The first kappa shape index (κ1) is 14.8. The summed E-state index contributed by atoms with van der Waals surface area (Å²) in [5, 5.41) is 6.04. The second kappa shape index (κ2) is 6.70. The molecule has 0 aliphatic carbocycles. The van der Waals surface area contributed by atoms with Crippen LogP contribution in [0.2, 0.25) is 0 Å². The van der Waals surface area contributed by atoms with Crippen LogP contribution in [0.15, 0.2) is 49.2 Å². The van der Waals surface area contributed by atoms with E-state index in [9.17, 15) is 4.79 Å². The summed E-state index contributed by atoms with van der Waals surface area (Å²) in [6, 6.07) is 9.50. The van der Waals surface area contributed by atoms with Gasteiger partial charge in [-0.05, 0) is 43.2 Å². The smallest absolute Gasteiger partial charge is 0.274 e. The third-order valence-corrected chi connectivity index (χ3v) is 3.08. The fourth-order valence-corrected chi connectivity index (χ4v) is 1.91. The average molecular weight is 281 g/mol. The van der Waals surface area contributed by atoms with Crippen LogP contribution in [0.1, 0.15) is 21.6 Å². The highest BCUT2D eigenvalue weighted by Crippen LogP contribution is 2.17. The summed E-state index contributed by atoms with van der Waals surface area (Å²) < 4.78 is 0. The van der Waals surface area contributed by atoms with Gasteiger partial charge >= 0.3 is 0 Å². The lowest BCUT2D eigenvalue weighted by Crippen LogP contribution is -2.15. The number of rotatable bonds is 5. The molecule has 0 radical (unpaired) electrons. The molecule has 21 heavy (non-hydrogen) atoms. The van der Waals surface area contributed by atoms with Gasteiger partial charge < -0.3 is 10.6 Å². The highest BCUT2D eigenvalue weighted by molar-refractivity contribution is 6.03. The van der Waals surface area contributed by atoms with E-state index in [0.29, 0.717) is 12.2 Å². The van der Waals surface area contributed by atoms with Crippen molar-refractivity contribution >= 4 is 17.3 Å². The molecule has 2 N–H and O–H groups in total. The van der Waals surface area contributed by atoms with Crippen LogP contribution >= 0.6 is 0 Å². The van der Waals surface area contributed by atoms with Gasteiger partial charge in [0.25, 0.3) is 5.91 Å². The van der Waals surface area contributed by atoms with Crippen molar-refractivity contribution in [3.05, 3.63) is 66.0 Å². The highest BCUT2D eigenvalue weighted by atomic mass is 16.1. The summed E-state index contributed by atoms with van der Waals surface area (Å²) in [6.45, 7) is 8.25. The van der Waals surface area contributed by atoms with E-state index in [4.69, 9.17) is 0 Å². The van der Waals surface area contributed by atoms with E-state index in [-0.39, 0.29) is 5.91 Å². The molecule has 0 fully saturated rings. The standard InChI is InChI=1S/C17H19N3O/c1-4-8-18-14-7-9-19-16(11-14)17(21)20-15-10-12(2)5-6-13(15)3/h4-7,9-11H,1,8H2,2-3H3,(H,18,19)(H,20,21). The van der Waals surface area contributed by atoms with Crippen LogP contribution in [0.25, 0.3) is 0 Å². The molecule has 2 rings (SSSR count). The van der Waals surface area contributed by atoms with Crippen LogP contribution in [-0.4, -0.2) is 17.4 Å². The Balaban J connectivity index is 2.16.